The second-order valence-corrected chi connectivity index (χ2v) is 6.65. The van der Waals surface area contributed by atoms with Gasteiger partial charge in [0.2, 0.25) is 0 Å². The van der Waals surface area contributed by atoms with E-state index in [2.05, 4.69) is 10.3 Å². The minimum atomic E-state index is 0.0203. The minimum absolute atomic E-state index is 0.0203. The largest absolute Gasteiger partial charge is 0.337 e. The summed E-state index contributed by atoms with van der Waals surface area (Å²) in [6, 6.07) is 3.82. The van der Waals surface area contributed by atoms with E-state index in [0.29, 0.717) is 37.8 Å². The highest BCUT2D eigenvalue weighted by atomic mass is 16.2. The van der Waals surface area contributed by atoms with Crippen LogP contribution < -0.4 is 5.32 Å². The molecule has 0 unspecified atom stereocenters. The highest BCUT2D eigenvalue weighted by Crippen LogP contribution is 2.18. The van der Waals surface area contributed by atoms with Gasteiger partial charge in [0.1, 0.15) is 0 Å². The number of carbonyl (C=O) groups excluding carboxylic acids is 2. The molecule has 3 rings (SSSR count). The molecule has 1 aromatic heterocycles. The van der Waals surface area contributed by atoms with Gasteiger partial charge in [0.15, 0.2) is 0 Å². The van der Waals surface area contributed by atoms with Gasteiger partial charge in [0, 0.05) is 50.2 Å². The van der Waals surface area contributed by atoms with Crippen LogP contribution in [0.3, 0.4) is 0 Å². The third-order valence-electron chi connectivity index (χ3n) is 4.93. The van der Waals surface area contributed by atoms with E-state index < -0.39 is 0 Å². The molecule has 1 aliphatic heterocycles. The number of urea groups is 1. The van der Waals surface area contributed by atoms with Crippen molar-refractivity contribution in [2.45, 2.75) is 44.6 Å². The van der Waals surface area contributed by atoms with Crippen molar-refractivity contribution in [1.29, 1.82) is 0 Å². The van der Waals surface area contributed by atoms with Gasteiger partial charge in [-0.25, -0.2) is 4.79 Å². The highest BCUT2D eigenvalue weighted by Gasteiger charge is 2.24. The molecule has 1 aromatic rings. The number of hydrogen-bond acceptors (Lipinski definition) is 3. The number of nitrogens with zero attached hydrogens (tertiary/aromatic N) is 3. The highest BCUT2D eigenvalue weighted by molar-refractivity contribution is 5.94. The van der Waals surface area contributed by atoms with Crippen LogP contribution in [0.2, 0.25) is 0 Å². The Morgan fingerprint density at radius 1 is 0.917 bits per heavy atom. The normalized spacial score (nSPS) is 19.7. The summed E-state index contributed by atoms with van der Waals surface area (Å²) in [7, 11) is 0. The third-order valence-corrected chi connectivity index (χ3v) is 4.93. The fraction of sp³-hybridized carbons (Fsp3) is 0.611. The summed E-state index contributed by atoms with van der Waals surface area (Å²) in [6.45, 7) is 2.57. The molecule has 3 amide bonds. The minimum Gasteiger partial charge on any atom is -0.337 e. The molecule has 1 N–H and O–H groups in total. The van der Waals surface area contributed by atoms with Crippen molar-refractivity contribution < 1.29 is 9.59 Å². The van der Waals surface area contributed by atoms with Crippen LogP contribution in [0.5, 0.6) is 0 Å². The quantitative estimate of drug-likeness (QED) is 0.905. The summed E-state index contributed by atoms with van der Waals surface area (Å²) in [6.07, 6.45) is 9.96. The maximum atomic E-state index is 12.5. The predicted molar refractivity (Wildman–Crippen MR) is 91.7 cm³/mol. The number of carbonyl (C=O) groups is 2. The molecule has 0 radical (unpaired) electrons. The first-order valence-electron chi connectivity index (χ1n) is 8.99. The molecule has 24 heavy (non-hydrogen) atoms. The second kappa shape index (κ2) is 8.13. The molecule has 2 heterocycles. The lowest BCUT2D eigenvalue weighted by Crippen LogP contribution is -2.46. The topological polar surface area (TPSA) is 65.5 Å². The Bertz CT molecular complexity index is 557. The van der Waals surface area contributed by atoms with Crippen molar-refractivity contribution >= 4 is 11.9 Å². The van der Waals surface area contributed by atoms with Crippen molar-refractivity contribution in [2.75, 3.05) is 26.2 Å². The van der Waals surface area contributed by atoms with E-state index in [-0.39, 0.29) is 11.9 Å². The number of amides is 3. The first-order valence-corrected chi connectivity index (χ1v) is 8.99. The van der Waals surface area contributed by atoms with Gasteiger partial charge in [-0.15, -0.1) is 0 Å². The molecule has 0 spiro atoms. The number of hydrogen-bond donors (Lipinski definition) is 1. The maximum absolute atomic E-state index is 12.5. The van der Waals surface area contributed by atoms with Gasteiger partial charge >= 0.3 is 6.03 Å². The Morgan fingerprint density at radius 2 is 1.58 bits per heavy atom. The van der Waals surface area contributed by atoms with Crippen molar-refractivity contribution in [3.8, 4) is 0 Å². The van der Waals surface area contributed by atoms with E-state index in [1.54, 1.807) is 24.5 Å². The van der Waals surface area contributed by atoms with Gasteiger partial charge in [-0.05, 0) is 31.4 Å². The van der Waals surface area contributed by atoms with E-state index in [9.17, 15) is 9.59 Å². The van der Waals surface area contributed by atoms with Gasteiger partial charge in [-0.3, -0.25) is 9.78 Å². The Kier molecular flexibility index (Phi) is 5.67. The van der Waals surface area contributed by atoms with Crippen LogP contribution in [0.4, 0.5) is 4.79 Å². The molecule has 1 saturated heterocycles. The fourth-order valence-electron chi connectivity index (χ4n) is 3.51. The van der Waals surface area contributed by atoms with Crippen LogP contribution in [0.25, 0.3) is 0 Å². The smallest absolute Gasteiger partial charge is 0.317 e. The predicted octanol–water partition coefficient (Wildman–Crippen LogP) is 2.27. The first-order chi connectivity index (χ1) is 11.7. The summed E-state index contributed by atoms with van der Waals surface area (Å²) in [5, 5.41) is 3.17. The van der Waals surface area contributed by atoms with Crippen LogP contribution in [-0.4, -0.2) is 58.9 Å². The summed E-state index contributed by atoms with van der Waals surface area (Å²) in [4.78, 5) is 32.6. The number of nitrogens with one attached hydrogen (secondary N) is 1. The van der Waals surface area contributed by atoms with Crippen LogP contribution in [-0.2, 0) is 0 Å². The lowest BCUT2D eigenvalue weighted by atomic mass is 9.96. The Hall–Kier alpha value is -2.11. The number of rotatable bonds is 2. The van der Waals surface area contributed by atoms with E-state index >= 15 is 0 Å². The fourth-order valence-corrected chi connectivity index (χ4v) is 3.51. The first kappa shape index (κ1) is 16.7. The standard InChI is InChI=1S/C18H26N4O2/c23-17(15-7-9-19-10-8-15)21-11-4-12-22(14-13-21)18(24)20-16-5-2-1-3-6-16/h7-10,16H,1-6,11-14H2,(H,20,24). The Balaban J connectivity index is 1.52. The van der Waals surface area contributed by atoms with Crippen molar-refractivity contribution in [2.24, 2.45) is 0 Å². The third kappa shape index (κ3) is 4.24. The summed E-state index contributed by atoms with van der Waals surface area (Å²) < 4.78 is 0. The summed E-state index contributed by atoms with van der Waals surface area (Å²) in [5.41, 5.74) is 0.658. The van der Waals surface area contributed by atoms with Crippen LogP contribution >= 0.6 is 0 Å². The molecule has 130 valence electrons. The van der Waals surface area contributed by atoms with E-state index in [1.807, 2.05) is 9.80 Å². The lowest BCUT2D eigenvalue weighted by molar-refractivity contribution is 0.0762. The van der Waals surface area contributed by atoms with Crippen LogP contribution in [0.15, 0.2) is 24.5 Å². The maximum Gasteiger partial charge on any atom is 0.317 e. The zero-order valence-corrected chi connectivity index (χ0v) is 14.1. The molecule has 6 heteroatoms. The van der Waals surface area contributed by atoms with Crippen molar-refractivity contribution in [1.82, 2.24) is 20.1 Å². The average Bonchev–Trinajstić information content (AvgIpc) is 2.89. The van der Waals surface area contributed by atoms with E-state index in [4.69, 9.17) is 0 Å². The van der Waals surface area contributed by atoms with E-state index in [0.717, 1.165) is 19.3 Å². The van der Waals surface area contributed by atoms with Gasteiger partial charge < -0.3 is 15.1 Å². The molecule has 1 saturated carbocycles. The van der Waals surface area contributed by atoms with Crippen LogP contribution in [0.1, 0.15) is 48.9 Å². The van der Waals surface area contributed by atoms with Gasteiger partial charge in [0.25, 0.3) is 5.91 Å². The Morgan fingerprint density at radius 3 is 2.33 bits per heavy atom. The Labute approximate surface area is 143 Å². The number of aromatic nitrogens is 1. The second-order valence-electron chi connectivity index (χ2n) is 6.65. The molecule has 0 atom stereocenters. The zero-order chi connectivity index (χ0) is 16.8. The molecule has 6 nitrogen and oxygen atoms in total. The molecule has 1 aliphatic carbocycles. The molecular formula is C18H26N4O2. The molecule has 2 aliphatic rings. The summed E-state index contributed by atoms with van der Waals surface area (Å²) in [5.74, 6) is 0.0203. The van der Waals surface area contributed by atoms with Gasteiger partial charge in [-0.2, -0.15) is 0 Å². The lowest BCUT2D eigenvalue weighted by Gasteiger charge is -2.27. The molecular weight excluding hydrogens is 304 g/mol. The molecule has 0 bridgehead atoms. The molecule has 0 aromatic carbocycles. The monoisotopic (exact) mass is 330 g/mol. The number of pyridine rings is 1. The van der Waals surface area contributed by atoms with Crippen molar-refractivity contribution in [3.63, 3.8) is 0 Å². The van der Waals surface area contributed by atoms with E-state index in [1.165, 1.54) is 19.3 Å². The molecule has 2 fully saturated rings. The summed E-state index contributed by atoms with van der Waals surface area (Å²) >= 11 is 0. The van der Waals surface area contributed by atoms with Crippen LogP contribution in [0, 0.1) is 0 Å². The zero-order valence-electron chi connectivity index (χ0n) is 14.1. The van der Waals surface area contributed by atoms with Gasteiger partial charge in [0.05, 0.1) is 0 Å². The van der Waals surface area contributed by atoms with Gasteiger partial charge in [-0.1, -0.05) is 19.3 Å². The SMILES string of the molecule is O=C(NC1CCCCC1)N1CCCN(C(=O)c2ccncc2)CC1. The average molecular weight is 330 g/mol. The van der Waals surface area contributed by atoms with Crippen molar-refractivity contribution in [3.05, 3.63) is 30.1 Å².